The minimum atomic E-state index is 0.0355. The van der Waals surface area contributed by atoms with Gasteiger partial charge in [-0.15, -0.1) is 0 Å². The number of nitrogens with two attached hydrogens (primary N) is 1. The average Bonchev–Trinajstić information content (AvgIpc) is 2.68. The van der Waals surface area contributed by atoms with Crippen LogP contribution in [-0.2, 0) is 11.3 Å². The Morgan fingerprint density at radius 2 is 2.35 bits per heavy atom. The summed E-state index contributed by atoms with van der Waals surface area (Å²) in [7, 11) is 1.70. The van der Waals surface area contributed by atoms with E-state index in [0.717, 1.165) is 29.6 Å². The maximum atomic E-state index is 5.63. The third kappa shape index (κ3) is 3.77. The maximum Gasteiger partial charge on any atom is 0.0710 e. The lowest BCUT2D eigenvalue weighted by Crippen LogP contribution is -2.32. The van der Waals surface area contributed by atoms with Crippen LogP contribution in [0.3, 0.4) is 0 Å². The molecule has 0 fully saturated rings. The van der Waals surface area contributed by atoms with Gasteiger partial charge in [-0.05, 0) is 35.7 Å². The molecule has 0 aliphatic heterocycles. The lowest BCUT2D eigenvalue weighted by molar-refractivity contribution is 0.0992. The monoisotopic (exact) mass is 304 g/mol. The molecule has 0 aliphatic carbocycles. The number of hydrogen-bond acceptors (Lipinski definition) is 4. The minimum absolute atomic E-state index is 0.0355. The lowest BCUT2D eigenvalue weighted by Gasteiger charge is -2.21. The zero-order valence-electron chi connectivity index (χ0n) is 10.6. The normalized spacial score (nSPS) is 14.9. The van der Waals surface area contributed by atoms with Crippen molar-refractivity contribution in [2.75, 3.05) is 7.11 Å². The highest BCUT2D eigenvalue weighted by atomic mass is 79.9. The van der Waals surface area contributed by atoms with E-state index in [9.17, 15) is 0 Å². The number of hydrazine groups is 1. The zero-order chi connectivity index (χ0) is 12.8. The number of halogens is 1. The van der Waals surface area contributed by atoms with E-state index < -0.39 is 0 Å². The van der Waals surface area contributed by atoms with Crippen LogP contribution in [0.15, 0.2) is 10.7 Å². The molecule has 6 heteroatoms. The van der Waals surface area contributed by atoms with E-state index in [-0.39, 0.29) is 12.1 Å². The van der Waals surface area contributed by atoms with Gasteiger partial charge >= 0.3 is 0 Å². The van der Waals surface area contributed by atoms with Crippen LogP contribution in [0.5, 0.6) is 0 Å². The molecule has 1 aromatic heterocycles. The van der Waals surface area contributed by atoms with E-state index in [1.807, 2.05) is 17.8 Å². The maximum absolute atomic E-state index is 5.63. The average molecular weight is 305 g/mol. The molecular weight excluding hydrogens is 284 g/mol. The first-order valence-electron chi connectivity index (χ1n) is 5.84. The molecule has 1 rings (SSSR count). The molecule has 3 N–H and O–H groups in total. The standard InChI is InChI=1S/C11H21BrN4O/c1-4-5-16-11(9(12)7-14-16)10(15-13)6-8(2)17-3/h7-8,10,15H,4-6,13H2,1-3H3. The number of nitrogens with one attached hydrogen (secondary N) is 1. The van der Waals surface area contributed by atoms with Gasteiger partial charge in [0, 0.05) is 13.7 Å². The smallest absolute Gasteiger partial charge is 0.0710 e. The molecule has 0 bridgehead atoms. The van der Waals surface area contributed by atoms with Crippen molar-refractivity contribution in [3.8, 4) is 0 Å². The molecule has 0 saturated carbocycles. The zero-order valence-corrected chi connectivity index (χ0v) is 12.2. The topological polar surface area (TPSA) is 65.1 Å². The van der Waals surface area contributed by atoms with Crippen molar-refractivity contribution in [3.63, 3.8) is 0 Å². The van der Waals surface area contributed by atoms with E-state index >= 15 is 0 Å². The molecule has 0 saturated heterocycles. The first-order valence-corrected chi connectivity index (χ1v) is 6.63. The van der Waals surface area contributed by atoms with Crippen molar-refractivity contribution in [2.45, 2.75) is 45.4 Å². The first-order chi connectivity index (χ1) is 8.13. The second-order valence-electron chi connectivity index (χ2n) is 4.10. The summed E-state index contributed by atoms with van der Waals surface area (Å²) < 4.78 is 8.25. The van der Waals surface area contributed by atoms with Gasteiger partial charge in [-0.3, -0.25) is 16.0 Å². The summed E-state index contributed by atoms with van der Waals surface area (Å²) in [6.45, 7) is 5.04. The summed E-state index contributed by atoms with van der Waals surface area (Å²) in [4.78, 5) is 0. The van der Waals surface area contributed by atoms with Gasteiger partial charge in [0.2, 0.25) is 0 Å². The number of rotatable bonds is 7. The molecule has 98 valence electrons. The first kappa shape index (κ1) is 14.6. The molecule has 1 heterocycles. The van der Waals surface area contributed by atoms with Gasteiger partial charge < -0.3 is 4.74 Å². The van der Waals surface area contributed by atoms with Crippen LogP contribution in [0.4, 0.5) is 0 Å². The molecule has 0 radical (unpaired) electrons. The molecule has 17 heavy (non-hydrogen) atoms. The van der Waals surface area contributed by atoms with Crippen LogP contribution in [0.1, 0.15) is 38.4 Å². The fraction of sp³-hybridized carbons (Fsp3) is 0.727. The van der Waals surface area contributed by atoms with Gasteiger partial charge in [0.1, 0.15) is 0 Å². The Hall–Kier alpha value is -0.430. The van der Waals surface area contributed by atoms with Crippen molar-refractivity contribution in [3.05, 3.63) is 16.4 Å². The molecule has 5 nitrogen and oxygen atoms in total. The molecule has 0 aliphatic rings. The predicted octanol–water partition coefficient (Wildman–Crippen LogP) is 1.99. The summed E-state index contributed by atoms with van der Waals surface area (Å²) >= 11 is 3.52. The van der Waals surface area contributed by atoms with E-state index in [0.29, 0.717) is 0 Å². The van der Waals surface area contributed by atoms with Gasteiger partial charge in [-0.1, -0.05) is 6.92 Å². The number of methoxy groups -OCH3 is 1. The summed E-state index contributed by atoms with van der Waals surface area (Å²) in [6.07, 6.45) is 3.81. The number of hydrogen-bond donors (Lipinski definition) is 2. The van der Waals surface area contributed by atoms with Crippen LogP contribution in [0.2, 0.25) is 0 Å². The van der Waals surface area contributed by atoms with Gasteiger partial charge in [-0.25, -0.2) is 0 Å². The molecule has 0 spiro atoms. The van der Waals surface area contributed by atoms with E-state index in [2.05, 4.69) is 33.4 Å². The van der Waals surface area contributed by atoms with Crippen LogP contribution >= 0.6 is 15.9 Å². The largest absolute Gasteiger partial charge is 0.382 e. The number of ether oxygens (including phenoxy) is 1. The summed E-state index contributed by atoms with van der Waals surface area (Å²) in [6, 6.07) is 0.0355. The Balaban J connectivity index is 2.89. The SMILES string of the molecule is CCCn1ncc(Br)c1C(CC(C)OC)NN. The minimum Gasteiger partial charge on any atom is -0.382 e. The Morgan fingerprint density at radius 3 is 2.88 bits per heavy atom. The van der Waals surface area contributed by atoms with Crippen LogP contribution < -0.4 is 11.3 Å². The second kappa shape index (κ2) is 7.10. The van der Waals surface area contributed by atoms with Crippen molar-refractivity contribution in [1.29, 1.82) is 0 Å². The quantitative estimate of drug-likeness (QED) is 0.597. The number of aryl methyl sites for hydroxylation is 1. The van der Waals surface area contributed by atoms with E-state index in [1.54, 1.807) is 7.11 Å². The highest BCUT2D eigenvalue weighted by Gasteiger charge is 2.21. The number of nitrogens with zero attached hydrogens (tertiary/aromatic N) is 2. The molecule has 2 unspecified atom stereocenters. The van der Waals surface area contributed by atoms with E-state index in [1.165, 1.54) is 0 Å². The molecule has 0 aromatic carbocycles. The Morgan fingerprint density at radius 1 is 1.65 bits per heavy atom. The third-order valence-corrected chi connectivity index (χ3v) is 3.38. The summed E-state index contributed by atoms with van der Waals surface area (Å²) in [5.41, 5.74) is 3.92. The van der Waals surface area contributed by atoms with E-state index in [4.69, 9.17) is 10.6 Å². The molecule has 0 amide bonds. The fourth-order valence-electron chi connectivity index (χ4n) is 1.80. The fourth-order valence-corrected chi connectivity index (χ4v) is 2.37. The van der Waals surface area contributed by atoms with Gasteiger partial charge in [-0.2, -0.15) is 5.10 Å². The van der Waals surface area contributed by atoms with Gasteiger partial charge in [0.05, 0.1) is 28.5 Å². The number of aromatic nitrogens is 2. The van der Waals surface area contributed by atoms with Crippen molar-refractivity contribution < 1.29 is 4.74 Å². The molecule has 1 aromatic rings. The van der Waals surface area contributed by atoms with Crippen LogP contribution in [-0.4, -0.2) is 23.0 Å². The summed E-state index contributed by atoms with van der Waals surface area (Å²) in [5, 5.41) is 4.34. The predicted molar refractivity (Wildman–Crippen MR) is 71.4 cm³/mol. The van der Waals surface area contributed by atoms with Crippen molar-refractivity contribution in [2.24, 2.45) is 5.84 Å². The Labute approximate surface area is 111 Å². The van der Waals surface area contributed by atoms with Gasteiger partial charge in [0.25, 0.3) is 0 Å². The summed E-state index contributed by atoms with van der Waals surface area (Å²) in [5.74, 6) is 5.63. The second-order valence-corrected chi connectivity index (χ2v) is 4.96. The highest BCUT2D eigenvalue weighted by Crippen LogP contribution is 2.26. The molecule has 2 atom stereocenters. The van der Waals surface area contributed by atoms with Crippen molar-refractivity contribution >= 4 is 15.9 Å². The third-order valence-electron chi connectivity index (χ3n) is 2.77. The molecular formula is C11H21BrN4O. The van der Waals surface area contributed by atoms with Crippen molar-refractivity contribution in [1.82, 2.24) is 15.2 Å². The van der Waals surface area contributed by atoms with Crippen LogP contribution in [0, 0.1) is 0 Å². The highest BCUT2D eigenvalue weighted by molar-refractivity contribution is 9.10. The Bertz CT molecular complexity index is 342. The Kier molecular flexibility index (Phi) is 6.11. The lowest BCUT2D eigenvalue weighted by atomic mass is 10.1. The van der Waals surface area contributed by atoms with Gasteiger partial charge in [0.15, 0.2) is 0 Å². The van der Waals surface area contributed by atoms with Crippen LogP contribution in [0.25, 0.3) is 0 Å².